The fraction of sp³-hybridized carbons (Fsp3) is 0.480. The fourth-order valence-corrected chi connectivity index (χ4v) is 3.87. The molecular formula is C25H34N2O8S. The number of hydrogen-bond acceptors (Lipinski definition) is 8. The Morgan fingerprint density at radius 1 is 0.944 bits per heavy atom. The lowest BCUT2D eigenvalue weighted by atomic mass is 10.1. The number of methoxy groups -OCH3 is 1. The van der Waals surface area contributed by atoms with Crippen molar-refractivity contribution in [2.24, 2.45) is 5.92 Å². The van der Waals surface area contributed by atoms with E-state index in [4.69, 9.17) is 23.7 Å². The summed E-state index contributed by atoms with van der Waals surface area (Å²) in [5, 5.41) is 0. The molecule has 0 aromatic heterocycles. The number of nitrogens with one attached hydrogen (secondary N) is 2. The van der Waals surface area contributed by atoms with Crippen molar-refractivity contribution in [2.75, 3.05) is 46.7 Å². The van der Waals surface area contributed by atoms with E-state index in [1.165, 1.54) is 12.8 Å². The van der Waals surface area contributed by atoms with Crippen LogP contribution < -0.4 is 23.7 Å². The molecule has 1 fully saturated rings. The molecule has 2 aromatic carbocycles. The van der Waals surface area contributed by atoms with E-state index in [1.54, 1.807) is 19.2 Å². The summed E-state index contributed by atoms with van der Waals surface area (Å²) in [6, 6.07) is 14.7. The third-order valence-corrected chi connectivity index (χ3v) is 6.23. The second-order valence-corrected chi connectivity index (χ2v) is 9.77. The van der Waals surface area contributed by atoms with Gasteiger partial charge in [-0.15, -0.1) is 0 Å². The Labute approximate surface area is 212 Å². The standard InChI is InChI=1S/C25H34N2O8S/c1-31-16-17-33-23-12-11-21(24(18-23)35-19-20-9-10-20)6-5-14-34-25(28)27-36(29,30)26-13-15-32-22-7-3-2-4-8-22/h2-4,7-8,11-12,18,20,26H,5-6,9-10,13-17,19H2,1H3,(H,27,28). The highest BCUT2D eigenvalue weighted by Crippen LogP contribution is 2.32. The Kier molecular flexibility index (Phi) is 11.1. The number of carbonyl (C=O) groups is 1. The van der Waals surface area contributed by atoms with Crippen LogP contribution in [0.1, 0.15) is 24.8 Å². The first kappa shape index (κ1) is 27.6. The normalized spacial score (nSPS) is 13.1. The molecule has 0 aliphatic heterocycles. The number of benzene rings is 2. The Bertz CT molecular complexity index is 1050. The minimum Gasteiger partial charge on any atom is -0.493 e. The molecule has 36 heavy (non-hydrogen) atoms. The van der Waals surface area contributed by atoms with Gasteiger partial charge in [0.05, 0.1) is 19.8 Å². The van der Waals surface area contributed by atoms with Crippen molar-refractivity contribution in [3.63, 3.8) is 0 Å². The number of aryl methyl sites for hydroxylation is 1. The van der Waals surface area contributed by atoms with E-state index in [0.717, 1.165) is 11.3 Å². The molecular weight excluding hydrogens is 488 g/mol. The zero-order chi connectivity index (χ0) is 25.6. The van der Waals surface area contributed by atoms with Crippen molar-refractivity contribution < 1.29 is 36.9 Å². The third kappa shape index (κ3) is 10.7. The SMILES string of the molecule is COCCOc1ccc(CCCOC(=O)NS(=O)(=O)NCCOc2ccccc2)c(OCC2CC2)c1. The second-order valence-electron chi connectivity index (χ2n) is 8.27. The molecule has 0 spiro atoms. The van der Waals surface area contributed by atoms with E-state index in [1.807, 2.05) is 41.1 Å². The van der Waals surface area contributed by atoms with Gasteiger partial charge in [0.25, 0.3) is 0 Å². The van der Waals surface area contributed by atoms with Crippen LogP contribution in [-0.4, -0.2) is 61.2 Å². The highest BCUT2D eigenvalue weighted by Gasteiger charge is 2.22. The number of para-hydroxylation sites is 1. The average Bonchev–Trinajstić information content (AvgIpc) is 3.69. The zero-order valence-electron chi connectivity index (χ0n) is 20.4. The lowest BCUT2D eigenvalue weighted by Crippen LogP contribution is -2.42. The molecule has 0 saturated heterocycles. The molecule has 3 rings (SSSR count). The number of hydrogen-bond donors (Lipinski definition) is 2. The van der Waals surface area contributed by atoms with Gasteiger partial charge in [0, 0.05) is 19.7 Å². The molecule has 11 heteroatoms. The van der Waals surface area contributed by atoms with Crippen LogP contribution in [0.15, 0.2) is 48.5 Å². The van der Waals surface area contributed by atoms with E-state index in [2.05, 4.69) is 4.72 Å². The van der Waals surface area contributed by atoms with E-state index < -0.39 is 16.3 Å². The first-order valence-corrected chi connectivity index (χ1v) is 13.4. The van der Waals surface area contributed by atoms with Crippen molar-refractivity contribution >= 4 is 16.3 Å². The van der Waals surface area contributed by atoms with Gasteiger partial charge < -0.3 is 23.7 Å². The summed E-state index contributed by atoms with van der Waals surface area (Å²) in [5.41, 5.74) is 0.964. The summed E-state index contributed by atoms with van der Waals surface area (Å²) in [7, 11) is -2.43. The van der Waals surface area contributed by atoms with Gasteiger partial charge in [0.15, 0.2) is 0 Å². The quantitative estimate of drug-likeness (QED) is 0.304. The lowest BCUT2D eigenvalue weighted by molar-refractivity contribution is 0.146. The van der Waals surface area contributed by atoms with Gasteiger partial charge in [-0.2, -0.15) is 13.1 Å². The van der Waals surface area contributed by atoms with Crippen LogP contribution in [0.2, 0.25) is 0 Å². The number of rotatable bonds is 17. The summed E-state index contributed by atoms with van der Waals surface area (Å²) in [5.74, 6) is 2.66. The molecule has 0 heterocycles. The van der Waals surface area contributed by atoms with Crippen LogP contribution in [0.4, 0.5) is 4.79 Å². The summed E-state index contributed by atoms with van der Waals surface area (Å²) in [4.78, 5) is 11.9. The Morgan fingerprint density at radius 3 is 2.47 bits per heavy atom. The first-order valence-electron chi connectivity index (χ1n) is 11.9. The van der Waals surface area contributed by atoms with Crippen molar-refractivity contribution in [1.82, 2.24) is 9.44 Å². The van der Waals surface area contributed by atoms with E-state index in [-0.39, 0.29) is 19.8 Å². The molecule has 1 aliphatic rings. The summed E-state index contributed by atoms with van der Waals surface area (Å²) in [6.07, 6.45) is 2.40. The summed E-state index contributed by atoms with van der Waals surface area (Å²) >= 11 is 0. The Hall–Kier alpha value is -3.02. The molecule has 1 amide bonds. The maximum absolute atomic E-state index is 12.0. The van der Waals surface area contributed by atoms with Gasteiger partial charge in [0.2, 0.25) is 0 Å². The third-order valence-electron chi connectivity index (χ3n) is 5.21. The van der Waals surface area contributed by atoms with Crippen molar-refractivity contribution in [3.8, 4) is 17.2 Å². The smallest absolute Gasteiger partial charge is 0.421 e. The predicted octanol–water partition coefficient (Wildman–Crippen LogP) is 3.07. The van der Waals surface area contributed by atoms with Crippen LogP contribution in [0.3, 0.4) is 0 Å². The van der Waals surface area contributed by atoms with Gasteiger partial charge in [-0.05, 0) is 55.4 Å². The largest absolute Gasteiger partial charge is 0.493 e. The molecule has 0 bridgehead atoms. The number of ether oxygens (including phenoxy) is 5. The average molecular weight is 523 g/mol. The van der Waals surface area contributed by atoms with Crippen LogP contribution in [0.25, 0.3) is 0 Å². The van der Waals surface area contributed by atoms with E-state index in [9.17, 15) is 13.2 Å². The molecule has 10 nitrogen and oxygen atoms in total. The van der Waals surface area contributed by atoms with Crippen molar-refractivity contribution in [2.45, 2.75) is 25.7 Å². The maximum Gasteiger partial charge on any atom is 0.421 e. The van der Waals surface area contributed by atoms with Crippen LogP contribution in [0, 0.1) is 5.92 Å². The van der Waals surface area contributed by atoms with Gasteiger partial charge in [-0.3, -0.25) is 0 Å². The molecule has 0 radical (unpaired) electrons. The molecule has 2 N–H and O–H groups in total. The maximum atomic E-state index is 12.0. The van der Waals surface area contributed by atoms with Crippen LogP contribution in [0.5, 0.6) is 17.2 Å². The van der Waals surface area contributed by atoms with E-state index in [0.29, 0.717) is 50.1 Å². The fourth-order valence-electron chi connectivity index (χ4n) is 3.16. The molecule has 198 valence electrons. The molecule has 2 aromatic rings. The minimum absolute atomic E-state index is 0.00762. The topological polar surface area (TPSA) is 121 Å². The monoisotopic (exact) mass is 522 g/mol. The van der Waals surface area contributed by atoms with Gasteiger partial charge in [-0.1, -0.05) is 24.3 Å². The van der Waals surface area contributed by atoms with Crippen molar-refractivity contribution in [3.05, 3.63) is 54.1 Å². The highest BCUT2D eigenvalue weighted by molar-refractivity contribution is 7.88. The van der Waals surface area contributed by atoms with Gasteiger partial charge in [0.1, 0.15) is 30.5 Å². The minimum atomic E-state index is -4.05. The van der Waals surface area contributed by atoms with Crippen LogP contribution >= 0.6 is 0 Å². The number of carbonyl (C=O) groups excluding carboxylic acids is 1. The second kappa shape index (κ2) is 14.5. The lowest BCUT2D eigenvalue weighted by Gasteiger charge is -2.14. The Morgan fingerprint density at radius 2 is 1.72 bits per heavy atom. The van der Waals surface area contributed by atoms with E-state index >= 15 is 0 Å². The Balaban J connectivity index is 1.37. The summed E-state index contributed by atoms with van der Waals surface area (Å²) < 4.78 is 55.2. The number of amides is 1. The molecule has 1 saturated carbocycles. The molecule has 1 aliphatic carbocycles. The van der Waals surface area contributed by atoms with Gasteiger partial charge in [-0.25, -0.2) is 9.52 Å². The summed E-state index contributed by atoms with van der Waals surface area (Å²) in [6.45, 7) is 1.75. The first-order chi connectivity index (χ1) is 17.4. The van der Waals surface area contributed by atoms with Crippen LogP contribution in [-0.2, 0) is 26.1 Å². The molecule has 0 unspecified atom stereocenters. The highest BCUT2D eigenvalue weighted by atomic mass is 32.2. The van der Waals surface area contributed by atoms with Gasteiger partial charge >= 0.3 is 16.3 Å². The predicted molar refractivity (Wildman–Crippen MR) is 134 cm³/mol. The van der Waals surface area contributed by atoms with Crippen molar-refractivity contribution in [1.29, 1.82) is 0 Å². The zero-order valence-corrected chi connectivity index (χ0v) is 21.3. The molecule has 0 atom stereocenters.